The van der Waals surface area contributed by atoms with Crippen molar-refractivity contribution in [1.82, 2.24) is 10.2 Å². The van der Waals surface area contributed by atoms with E-state index in [0.29, 0.717) is 6.04 Å². The van der Waals surface area contributed by atoms with Crippen LogP contribution < -0.4 is 5.32 Å². The van der Waals surface area contributed by atoms with Crippen LogP contribution in [-0.4, -0.2) is 31.6 Å². The molecule has 2 heteroatoms. The molecule has 2 aromatic carbocycles. The van der Waals surface area contributed by atoms with Gasteiger partial charge in [0.15, 0.2) is 0 Å². The van der Waals surface area contributed by atoms with Crippen LogP contribution in [0.25, 0.3) is 0 Å². The summed E-state index contributed by atoms with van der Waals surface area (Å²) in [4.78, 5) is 2.40. The molecule has 118 valence electrons. The van der Waals surface area contributed by atoms with Crippen LogP contribution >= 0.6 is 0 Å². The number of nitrogens with zero attached hydrogens (tertiary/aromatic N) is 1. The number of hydrogen-bond acceptors (Lipinski definition) is 2. The second-order valence-electron chi connectivity index (χ2n) is 6.05. The van der Waals surface area contributed by atoms with Crippen molar-refractivity contribution in [1.29, 1.82) is 0 Å². The van der Waals surface area contributed by atoms with E-state index >= 15 is 0 Å². The van der Waals surface area contributed by atoms with E-state index in [1.807, 2.05) is 0 Å². The fourth-order valence-electron chi connectivity index (χ4n) is 2.86. The molecule has 2 rings (SSSR count). The number of aryl methyl sites for hydroxylation is 1. The third-order valence-electron chi connectivity index (χ3n) is 4.10. The molecule has 0 aliphatic heterocycles. The van der Waals surface area contributed by atoms with Crippen molar-refractivity contribution in [3.05, 3.63) is 71.8 Å². The fraction of sp³-hybridized carbons (Fsp3) is 0.400. The molecule has 0 aliphatic carbocycles. The summed E-state index contributed by atoms with van der Waals surface area (Å²) in [5, 5.41) is 3.46. The second kappa shape index (κ2) is 9.39. The van der Waals surface area contributed by atoms with Crippen molar-refractivity contribution in [3.8, 4) is 0 Å². The van der Waals surface area contributed by atoms with Gasteiger partial charge in [-0.05, 0) is 44.5 Å². The number of rotatable bonds is 9. The average Bonchev–Trinajstić information content (AvgIpc) is 2.56. The first kappa shape index (κ1) is 16.7. The Morgan fingerprint density at radius 2 is 1.50 bits per heavy atom. The van der Waals surface area contributed by atoms with Crippen molar-refractivity contribution in [3.63, 3.8) is 0 Å². The first-order chi connectivity index (χ1) is 10.8. The van der Waals surface area contributed by atoms with Crippen LogP contribution in [0.4, 0.5) is 0 Å². The highest BCUT2D eigenvalue weighted by Crippen LogP contribution is 2.09. The summed E-state index contributed by atoms with van der Waals surface area (Å²) in [6.07, 6.45) is 3.61. The van der Waals surface area contributed by atoms with E-state index in [1.54, 1.807) is 0 Å². The van der Waals surface area contributed by atoms with Crippen molar-refractivity contribution in [2.45, 2.75) is 31.8 Å². The summed E-state index contributed by atoms with van der Waals surface area (Å²) >= 11 is 0. The van der Waals surface area contributed by atoms with E-state index in [4.69, 9.17) is 0 Å². The van der Waals surface area contributed by atoms with Crippen molar-refractivity contribution in [2.24, 2.45) is 0 Å². The quantitative estimate of drug-likeness (QED) is 0.758. The predicted octanol–water partition coefficient (Wildman–Crippen LogP) is 3.73. The van der Waals surface area contributed by atoms with Gasteiger partial charge in [-0.15, -0.1) is 0 Å². The summed E-state index contributed by atoms with van der Waals surface area (Å²) in [7, 11) is 4.28. The zero-order valence-electron chi connectivity index (χ0n) is 13.8. The molecule has 0 fully saturated rings. The highest BCUT2D eigenvalue weighted by Gasteiger charge is 2.09. The van der Waals surface area contributed by atoms with Crippen LogP contribution in [0.15, 0.2) is 60.7 Å². The minimum absolute atomic E-state index is 0.553. The number of likely N-dealkylation sites (N-methyl/N-ethyl adjacent to an activating group) is 2. The van der Waals surface area contributed by atoms with E-state index < -0.39 is 0 Å². The first-order valence-electron chi connectivity index (χ1n) is 8.21. The Kier molecular flexibility index (Phi) is 7.14. The second-order valence-corrected chi connectivity index (χ2v) is 6.05. The summed E-state index contributed by atoms with van der Waals surface area (Å²) < 4.78 is 0. The van der Waals surface area contributed by atoms with Gasteiger partial charge >= 0.3 is 0 Å². The van der Waals surface area contributed by atoms with Gasteiger partial charge in [0.2, 0.25) is 0 Å². The van der Waals surface area contributed by atoms with Crippen molar-refractivity contribution >= 4 is 0 Å². The molecule has 2 aromatic rings. The van der Waals surface area contributed by atoms with Crippen LogP contribution in [-0.2, 0) is 13.0 Å². The summed E-state index contributed by atoms with van der Waals surface area (Å²) in [5.74, 6) is 0. The minimum atomic E-state index is 0.553. The van der Waals surface area contributed by atoms with Crippen LogP contribution in [0.1, 0.15) is 24.0 Å². The highest BCUT2D eigenvalue weighted by atomic mass is 15.1. The normalized spacial score (nSPS) is 12.5. The first-order valence-corrected chi connectivity index (χ1v) is 8.21. The molecule has 22 heavy (non-hydrogen) atoms. The molecule has 1 N–H and O–H groups in total. The van der Waals surface area contributed by atoms with Crippen LogP contribution in [0.2, 0.25) is 0 Å². The Morgan fingerprint density at radius 1 is 0.909 bits per heavy atom. The van der Waals surface area contributed by atoms with Gasteiger partial charge < -0.3 is 10.2 Å². The lowest BCUT2D eigenvalue weighted by atomic mass is 10.0. The molecule has 0 amide bonds. The fourth-order valence-corrected chi connectivity index (χ4v) is 2.86. The lowest BCUT2D eigenvalue weighted by Crippen LogP contribution is -2.37. The molecular weight excluding hydrogens is 268 g/mol. The molecule has 0 aliphatic rings. The van der Waals surface area contributed by atoms with E-state index in [-0.39, 0.29) is 0 Å². The summed E-state index contributed by atoms with van der Waals surface area (Å²) in [6, 6.07) is 22.0. The largest absolute Gasteiger partial charge is 0.316 e. The Hall–Kier alpha value is -1.64. The van der Waals surface area contributed by atoms with Crippen LogP contribution in [0, 0.1) is 0 Å². The molecule has 1 unspecified atom stereocenters. The number of nitrogens with one attached hydrogen (secondary N) is 1. The predicted molar refractivity (Wildman–Crippen MR) is 95.0 cm³/mol. The van der Waals surface area contributed by atoms with E-state index in [1.165, 1.54) is 30.4 Å². The van der Waals surface area contributed by atoms with Gasteiger partial charge in [-0.2, -0.15) is 0 Å². The molecule has 1 atom stereocenters. The highest BCUT2D eigenvalue weighted by molar-refractivity contribution is 5.15. The molecule has 0 radical (unpaired) electrons. The van der Waals surface area contributed by atoms with Gasteiger partial charge in [-0.1, -0.05) is 60.7 Å². The van der Waals surface area contributed by atoms with Gasteiger partial charge in [-0.3, -0.25) is 0 Å². The molecule has 0 spiro atoms. The maximum absolute atomic E-state index is 3.46. The number of hydrogen-bond donors (Lipinski definition) is 1. The summed E-state index contributed by atoms with van der Waals surface area (Å²) in [5.41, 5.74) is 2.82. The molecule has 0 heterocycles. The standard InChI is InChI=1S/C20H28N2/c1-21-20(15-9-14-18-10-5-3-6-11-18)17-22(2)16-19-12-7-4-8-13-19/h3-8,10-13,20-21H,9,14-17H2,1-2H3. The van der Waals surface area contributed by atoms with E-state index in [2.05, 4.69) is 85.0 Å². The van der Waals surface area contributed by atoms with Gasteiger partial charge in [0, 0.05) is 19.1 Å². The smallest absolute Gasteiger partial charge is 0.0231 e. The summed E-state index contributed by atoms with van der Waals surface area (Å²) in [6.45, 7) is 2.10. The molecular formula is C20H28N2. The van der Waals surface area contributed by atoms with Crippen LogP contribution in [0.5, 0.6) is 0 Å². The minimum Gasteiger partial charge on any atom is -0.316 e. The van der Waals surface area contributed by atoms with Crippen LogP contribution in [0.3, 0.4) is 0 Å². The SMILES string of the molecule is CNC(CCCc1ccccc1)CN(C)Cc1ccccc1. The van der Waals surface area contributed by atoms with Gasteiger partial charge in [0.25, 0.3) is 0 Å². The third kappa shape index (κ3) is 6.00. The molecule has 0 aromatic heterocycles. The maximum Gasteiger partial charge on any atom is 0.0231 e. The Balaban J connectivity index is 1.72. The maximum atomic E-state index is 3.46. The van der Waals surface area contributed by atoms with Crippen molar-refractivity contribution < 1.29 is 0 Å². The number of benzene rings is 2. The molecule has 0 saturated carbocycles. The monoisotopic (exact) mass is 296 g/mol. The lowest BCUT2D eigenvalue weighted by Gasteiger charge is -2.24. The molecule has 2 nitrogen and oxygen atoms in total. The van der Waals surface area contributed by atoms with Gasteiger partial charge in [0.1, 0.15) is 0 Å². The molecule has 0 bridgehead atoms. The zero-order valence-corrected chi connectivity index (χ0v) is 13.8. The zero-order chi connectivity index (χ0) is 15.6. The van der Waals surface area contributed by atoms with Crippen molar-refractivity contribution in [2.75, 3.05) is 20.6 Å². The van der Waals surface area contributed by atoms with E-state index in [0.717, 1.165) is 13.1 Å². The van der Waals surface area contributed by atoms with E-state index in [9.17, 15) is 0 Å². The molecule has 0 saturated heterocycles. The third-order valence-corrected chi connectivity index (χ3v) is 4.10. The topological polar surface area (TPSA) is 15.3 Å². The average molecular weight is 296 g/mol. The Labute approximate surface area is 135 Å². The Morgan fingerprint density at radius 3 is 2.09 bits per heavy atom. The van der Waals surface area contributed by atoms with Gasteiger partial charge in [-0.25, -0.2) is 0 Å². The van der Waals surface area contributed by atoms with Gasteiger partial charge in [0.05, 0.1) is 0 Å². The lowest BCUT2D eigenvalue weighted by molar-refractivity contribution is 0.278. The Bertz CT molecular complexity index is 510.